The third kappa shape index (κ3) is 2.04. The lowest BCUT2D eigenvalue weighted by molar-refractivity contribution is 0.0525. The highest BCUT2D eigenvalue weighted by atomic mass is 16.3. The Balaban J connectivity index is 2.06. The van der Waals surface area contributed by atoms with E-state index in [4.69, 9.17) is 9.52 Å². The topological polar surface area (TPSA) is 53.7 Å². The van der Waals surface area contributed by atoms with E-state index in [2.05, 4.69) is 0 Å². The van der Waals surface area contributed by atoms with E-state index in [0.717, 1.165) is 12.8 Å². The Bertz CT molecular complexity index is 317. The molecule has 4 nitrogen and oxygen atoms in total. The number of rotatable bonds is 4. The lowest BCUT2D eigenvalue weighted by atomic mass is 9.91. The molecule has 82 valence electrons. The van der Waals surface area contributed by atoms with Gasteiger partial charge in [-0.1, -0.05) is 0 Å². The smallest absolute Gasteiger partial charge is 0.257 e. The summed E-state index contributed by atoms with van der Waals surface area (Å²) < 4.78 is 4.89. The second kappa shape index (κ2) is 4.49. The minimum atomic E-state index is -0.0394. The molecule has 0 atom stereocenters. The van der Waals surface area contributed by atoms with E-state index in [1.54, 1.807) is 11.0 Å². The maximum atomic E-state index is 12.0. The highest BCUT2D eigenvalue weighted by molar-refractivity contribution is 5.94. The van der Waals surface area contributed by atoms with Crippen LogP contribution in [0.5, 0.6) is 0 Å². The number of furan rings is 1. The minimum absolute atomic E-state index is 0.0140. The number of hydrogen-bond donors (Lipinski definition) is 1. The van der Waals surface area contributed by atoms with Gasteiger partial charge in [0.1, 0.15) is 6.26 Å². The van der Waals surface area contributed by atoms with Crippen LogP contribution in [0.15, 0.2) is 23.0 Å². The normalized spacial score (nSPS) is 16.1. The second-order valence-electron chi connectivity index (χ2n) is 3.82. The first-order chi connectivity index (χ1) is 7.33. The molecule has 4 heteroatoms. The zero-order valence-corrected chi connectivity index (χ0v) is 8.56. The molecule has 1 aliphatic rings. The highest BCUT2D eigenvalue weighted by Gasteiger charge is 2.29. The van der Waals surface area contributed by atoms with Gasteiger partial charge in [0.25, 0.3) is 5.91 Å². The van der Waals surface area contributed by atoms with Crippen LogP contribution in [0.3, 0.4) is 0 Å². The van der Waals surface area contributed by atoms with Crippen molar-refractivity contribution in [1.82, 2.24) is 4.90 Å². The van der Waals surface area contributed by atoms with Crippen molar-refractivity contribution in [3.05, 3.63) is 24.2 Å². The van der Waals surface area contributed by atoms with E-state index in [1.165, 1.54) is 18.9 Å². The van der Waals surface area contributed by atoms with Crippen molar-refractivity contribution in [2.75, 3.05) is 13.2 Å². The van der Waals surface area contributed by atoms with Crippen molar-refractivity contribution < 1.29 is 14.3 Å². The van der Waals surface area contributed by atoms with Crippen LogP contribution in [0.25, 0.3) is 0 Å². The fourth-order valence-corrected chi connectivity index (χ4v) is 1.81. The van der Waals surface area contributed by atoms with Gasteiger partial charge in [0, 0.05) is 12.6 Å². The van der Waals surface area contributed by atoms with Gasteiger partial charge in [-0.05, 0) is 25.3 Å². The number of hydrogen-bond acceptors (Lipinski definition) is 3. The summed E-state index contributed by atoms with van der Waals surface area (Å²) in [7, 11) is 0. The summed E-state index contributed by atoms with van der Waals surface area (Å²) >= 11 is 0. The Kier molecular flexibility index (Phi) is 3.06. The second-order valence-corrected chi connectivity index (χ2v) is 3.82. The predicted octanol–water partition coefficient (Wildman–Crippen LogP) is 1.27. The standard InChI is InChI=1S/C11H15NO3/c13-6-5-12(10-2-1-3-10)11(14)9-4-7-15-8-9/h4,7-8,10,13H,1-3,5-6H2. The van der Waals surface area contributed by atoms with Gasteiger partial charge in [0.15, 0.2) is 0 Å². The molecule has 1 heterocycles. The third-order valence-electron chi connectivity index (χ3n) is 2.89. The van der Waals surface area contributed by atoms with Crippen LogP contribution in [0.1, 0.15) is 29.6 Å². The summed E-state index contributed by atoms with van der Waals surface area (Å²) in [5, 5.41) is 8.93. The van der Waals surface area contributed by atoms with Crippen LogP contribution >= 0.6 is 0 Å². The summed E-state index contributed by atoms with van der Waals surface area (Å²) in [6, 6.07) is 1.96. The van der Waals surface area contributed by atoms with Crippen LogP contribution in [0.2, 0.25) is 0 Å². The molecular formula is C11H15NO3. The van der Waals surface area contributed by atoms with Crippen molar-refractivity contribution in [1.29, 1.82) is 0 Å². The molecule has 1 amide bonds. The van der Waals surface area contributed by atoms with Gasteiger partial charge in [-0.3, -0.25) is 4.79 Å². The van der Waals surface area contributed by atoms with Crippen LogP contribution in [-0.2, 0) is 0 Å². The lowest BCUT2D eigenvalue weighted by Crippen LogP contribution is -2.45. The van der Waals surface area contributed by atoms with Gasteiger partial charge in [0.05, 0.1) is 18.4 Å². The first-order valence-electron chi connectivity index (χ1n) is 5.27. The Morgan fingerprint density at radius 3 is 2.87 bits per heavy atom. The fraction of sp³-hybridized carbons (Fsp3) is 0.545. The number of carbonyl (C=O) groups is 1. The van der Waals surface area contributed by atoms with Crippen molar-refractivity contribution in [2.24, 2.45) is 0 Å². The van der Waals surface area contributed by atoms with Gasteiger partial charge < -0.3 is 14.4 Å². The summed E-state index contributed by atoms with van der Waals surface area (Å²) in [5.74, 6) is -0.0394. The molecule has 1 fully saturated rings. The molecule has 2 rings (SSSR count). The Morgan fingerprint density at radius 2 is 2.40 bits per heavy atom. The maximum absolute atomic E-state index is 12.0. The van der Waals surface area contributed by atoms with E-state index in [0.29, 0.717) is 18.2 Å². The van der Waals surface area contributed by atoms with Crippen LogP contribution in [0.4, 0.5) is 0 Å². The molecule has 0 spiro atoms. The predicted molar refractivity (Wildman–Crippen MR) is 54.5 cm³/mol. The monoisotopic (exact) mass is 209 g/mol. The van der Waals surface area contributed by atoms with Gasteiger partial charge in [-0.2, -0.15) is 0 Å². The molecule has 0 aliphatic heterocycles. The molecule has 0 radical (unpaired) electrons. The number of aliphatic hydroxyl groups is 1. The van der Waals surface area contributed by atoms with Gasteiger partial charge in [-0.25, -0.2) is 0 Å². The third-order valence-corrected chi connectivity index (χ3v) is 2.89. The Labute approximate surface area is 88.5 Å². The minimum Gasteiger partial charge on any atom is -0.472 e. The summed E-state index contributed by atoms with van der Waals surface area (Å²) in [5.41, 5.74) is 0.565. The van der Waals surface area contributed by atoms with Gasteiger partial charge >= 0.3 is 0 Å². The van der Waals surface area contributed by atoms with Crippen LogP contribution in [-0.4, -0.2) is 35.1 Å². The van der Waals surface area contributed by atoms with Gasteiger partial charge in [0.2, 0.25) is 0 Å². The number of nitrogens with zero attached hydrogens (tertiary/aromatic N) is 1. The van der Waals surface area contributed by atoms with Crippen molar-refractivity contribution in [3.63, 3.8) is 0 Å². The Hall–Kier alpha value is -1.29. The molecular weight excluding hydrogens is 194 g/mol. The molecule has 1 aromatic heterocycles. The molecule has 0 saturated heterocycles. The van der Waals surface area contributed by atoms with Crippen molar-refractivity contribution in [3.8, 4) is 0 Å². The van der Waals surface area contributed by atoms with E-state index in [1.807, 2.05) is 0 Å². The van der Waals surface area contributed by atoms with Gasteiger partial charge in [-0.15, -0.1) is 0 Å². The number of carbonyl (C=O) groups excluding carboxylic acids is 1. The average molecular weight is 209 g/mol. The quantitative estimate of drug-likeness (QED) is 0.812. The molecule has 0 aromatic carbocycles. The largest absolute Gasteiger partial charge is 0.472 e. The molecule has 1 N–H and O–H groups in total. The number of amides is 1. The SMILES string of the molecule is O=C(c1ccoc1)N(CCO)C1CCC1. The Morgan fingerprint density at radius 1 is 1.60 bits per heavy atom. The highest BCUT2D eigenvalue weighted by Crippen LogP contribution is 2.25. The molecule has 1 aromatic rings. The van der Waals surface area contributed by atoms with E-state index in [9.17, 15) is 4.79 Å². The summed E-state index contributed by atoms with van der Waals surface area (Å²) in [6.07, 6.45) is 6.20. The van der Waals surface area contributed by atoms with Crippen molar-refractivity contribution >= 4 is 5.91 Å². The molecule has 0 bridgehead atoms. The lowest BCUT2D eigenvalue weighted by Gasteiger charge is -2.37. The van der Waals surface area contributed by atoms with E-state index >= 15 is 0 Å². The maximum Gasteiger partial charge on any atom is 0.257 e. The first kappa shape index (κ1) is 10.2. The number of aliphatic hydroxyl groups excluding tert-OH is 1. The van der Waals surface area contributed by atoms with Crippen LogP contribution < -0.4 is 0 Å². The van der Waals surface area contributed by atoms with E-state index < -0.39 is 0 Å². The fourth-order valence-electron chi connectivity index (χ4n) is 1.81. The van der Waals surface area contributed by atoms with E-state index in [-0.39, 0.29) is 12.5 Å². The molecule has 0 unspecified atom stereocenters. The summed E-state index contributed by atoms with van der Waals surface area (Å²) in [4.78, 5) is 13.7. The zero-order chi connectivity index (χ0) is 10.7. The average Bonchev–Trinajstić information content (AvgIpc) is 2.66. The first-order valence-corrected chi connectivity index (χ1v) is 5.27. The molecule has 1 aliphatic carbocycles. The molecule has 15 heavy (non-hydrogen) atoms. The van der Waals surface area contributed by atoms with Crippen molar-refractivity contribution in [2.45, 2.75) is 25.3 Å². The molecule has 1 saturated carbocycles. The zero-order valence-electron chi connectivity index (χ0n) is 8.56. The summed E-state index contributed by atoms with van der Waals surface area (Å²) in [6.45, 7) is 0.425. The van der Waals surface area contributed by atoms with Crippen LogP contribution in [0, 0.1) is 0 Å².